The van der Waals surface area contributed by atoms with Crippen LogP contribution in [0, 0.1) is 0 Å². The van der Waals surface area contributed by atoms with Crippen molar-refractivity contribution in [2.24, 2.45) is 0 Å². The van der Waals surface area contributed by atoms with Gasteiger partial charge >= 0.3 is 5.97 Å². The monoisotopic (exact) mass is 357 g/mol. The largest absolute Gasteiger partial charge is 0.478 e. The van der Waals surface area contributed by atoms with Gasteiger partial charge in [0.2, 0.25) is 0 Å². The Hall–Kier alpha value is -2.80. The number of benzene rings is 1. The number of carbonyl (C=O) groups is 3. The molecule has 0 radical (unpaired) electrons. The van der Waals surface area contributed by atoms with E-state index in [0.29, 0.717) is 22.0 Å². The number of thioether (sulfide) groups is 1. The number of hydrogen-bond donors (Lipinski definition) is 1. The second-order valence-electron chi connectivity index (χ2n) is 5.73. The van der Waals surface area contributed by atoms with E-state index in [9.17, 15) is 14.4 Å². The van der Waals surface area contributed by atoms with Crippen LogP contribution in [-0.2, 0) is 4.79 Å². The summed E-state index contributed by atoms with van der Waals surface area (Å²) in [6.07, 6.45) is 1.53. The third kappa shape index (κ3) is 3.36. The van der Waals surface area contributed by atoms with Crippen molar-refractivity contribution in [1.82, 2.24) is 4.90 Å². The Kier molecular flexibility index (Phi) is 4.50. The topological polar surface area (TPSA) is 87.8 Å². The van der Waals surface area contributed by atoms with Gasteiger partial charge < -0.3 is 9.52 Å². The fraction of sp³-hybridized carbons (Fsp3) is 0.167. The molecule has 1 fully saturated rings. The predicted octanol–water partition coefficient (Wildman–Crippen LogP) is 4.09. The number of nitrogens with zero attached hydrogens (tertiary/aromatic N) is 1. The van der Waals surface area contributed by atoms with Crippen LogP contribution in [0.15, 0.2) is 45.7 Å². The van der Waals surface area contributed by atoms with Crippen LogP contribution in [0.4, 0.5) is 4.79 Å². The fourth-order valence-electron chi connectivity index (χ4n) is 2.45. The van der Waals surface area contributed by atoms with Gasteiger partial charge in [0.05, 0.1) is 10.5 Å². The molecule has 2 amide bonds. The third-order valence-electron chi connectivity index (χ3n) is 3.63. The number of carbonyl (C=O) groups excluding carboxylic acids is 2. The number of amides is 2. The Bertz CT molecular complexity index is 896. The number of rotatable bonds is 4. The van der Waals surface area contributed by atoms with Crippen LogP contribution in [0.5, 0.6) is 0 Å². The van der Waals surface area contributed by atoms with Gasteiger partial charge in [0, 0.05) is 17.7 Å². The molecule has 0 saturated carbocycles. The van der Waals surface area contributed by atoms with Gasteiger partial charge in [-0.05, 0) is 49.9 Å². The standard InChI is InChI=1S/C18H15NO5S/c1-10(2)19-16(20)15(25-18(19)23)9-13-6-7-14(24-13)11-4-3-5-12(8-11)17(21)22/h3-10H,1-2H3,(H,21,22)/b15-9-. The van der Waals surface area contributed by atoms with Crippen LogP contribution in [0.2, 0.25) is 0 Å². The summed E-state index contributed by atoms with van der Waals surface area (Å²) >= 11 is 0.877. The maximum Gasteiger partial charge on any atom is 0.335 e. The Morgan fingerprint density at radius 2 is 2.00 bits per heavy atom. The summed E-state index contributed by atoms with van der Waals surface area (Å²) < 4.78 is 5.68. The molecule has 0 spiro atoms. The van der Waals surface area contributed by atoms with Crippen molar-refractivity contribution in [2.75, 3.05) is 0 Å². The molecule has 0 bridgehead atoms. The van der Waals surface area contributed by atoms with Crippen molar-refractivity contribution in [3.8, 4) is 11.3 Å². The first kappa shape index (κ1) is 17.0. The number of furan rings is 1. The first-order valence-electron chi connectivity index (χ1n) is 7.57. The Morgan fingerprint density at radius 3 is 2.64 bits per heavy atom. The molecule has 2 heterocycles. The number of carboxylic acids is 1. The minimum Gasteiger partial charge on any atom is -0.478 e. The summed E-state index contributed by atoms with van der Waals surface area (Å²) in [5.74, 6) is -0.450. The average molecular weight is 357 g/mol. The van der Waals surface area contributed by atoms with Gasteiger partial charge in [0.1, 0.15) is 11.5 Å². The lowest BCUT2D eigenvalue weighted by molar-refractivity contribution is -0.123. The van der Waals surface area contributed by atoms with Crippen molar-refractivity contribution in [2.45, 2.75) is 19.9 Å². The maximum atomic E-state index is 12.3. The molecule has 1 aliphatic heterocycles. The average Bonchev–Trinajstić information content (AvgIpc) is 3.13. The maximum absolute atomic E-state index is 12.3. The van der Waals surface area contributed by atoms with Crippen molar-refractivity contribution in [3.05, 3.63) is 52.6 Å². The van der Waals surface area contributed by atoms with Crippen LogP contribution in [0.1, 0.15) is 30.0 Å². The van der Waals surface area contributed by atoms with Crippen molar-refractivity contribution in [1.29, 1.82) is 0 Å². The lowest BCUT2D eigenvalue weighted by Crippen LogP contribution is -2.34. The molecule has 2 aromatic rings. The highest BCUT2D eigenvalue weighted by Crippen LogP contribution is 2.34. The first-order valence-corrected chi connectivity index (χ1v) is 8.39. The molecule has 1 aromatic carbocycles. The van der Waals surface area contributed by atoms with E-state index in [0.717, 1.165) is 11.8 Å². The highest BCUT2D eigenvalue weighted by molar-refractivity contribution is 8.18. The zero-order chi connectivity index (χ0) is 18.1. The zero-order valence-corrected chi connectivity index (χ0v) is 14.4. The number of carboxylic acid groups (broad SMARTS) is 1. The molecule has 3 rings (SSSR count). The molecule has 128 valence electrons. The van der Waals surface area contributed by atoms with Crippen LogP contribution in [0.25, 0.3) is 17.4 Å². The summed E-state index contributed by atoms with van der Waals surface area (Å²) in [4.78, 5) is 36.7. The van der Waals surface area contributed by atoms with E-state index in [1.807, 2.05) is 0 Å². The van der Waals surface area contributed by atoms with Crippen molar-refractivity contribution >= 4 is 35.0 Å². The summed E-state index contributed by atoms with van der Waals surface area (Å²) in [5, 5.41) is 8.76. The summed E-state index contributed by atoms with van der Waals surface area (Å²) in [7, 11) is 0. The molecule has 1 saturated heterocycles. The molecular formula is C18H15NO5S. The van der Waals surface area contributed by atoms with Gasteiger partial charge in [0.15, 0.2) is 0 Å². The van der Waals surface area contributed by atoms with Gasteiger partial charge in [-0.2, -0.15) is 0 Å². The zero-order valence-electron chi connectivity index (χ0n) is 13.6. The van der Waals surface area contributed by atoms with E-state index in [-0.39, 0.29) is 22.8 Å². The van der Waals surface area contributed by atoms with E-state index in [1.54, 1.807) is 38.1 Å². The lowest BCUT2D eigenvalue weighted by atomic mass is 10.1. The third-order valence-corrected chi connectivity index (χ3v) is 4.52. The normalized spacial score (nSPS) is 16.3. The van der Waals surface area contributed by atoms with Crippen LogP contribution < -0.4 is 0 Å². The van der Waals surface area contributed by atoms with Crippen molar-refractivity contribution < 1.29 is 23.9 Å². The van der Waals surface area contributed by atoms with Gasteiger partial charge in [-0.1, -0.05) is 12.1 Å². The van der Waals surface area contributed by atoms with Gasteiger partial charge in [-0.25, -0.2) is 4.79 Å². The minimum atomic E-state index is -1.02. The smallest absolute Gasteiger partial charge is 0.335 e. The molecule has 1 N–H and O–H groups in total. The summed E-state index contributed by atoms with van der Waals surface area (Å²) in [6.45, 7) is 3.56. The van der Waals surface area contributed by atoms with E-state index in [2.05, 4.69) is 0 Å². The van der Waals surface area contributed by atoms with Crippen LogP contribution >= 0.6 is 11.8 Å². The Morgan fingerprint density at radius 1 is 1.24 bits per heavy atom. The van der Waals surface area contributed by atoms with Gasteiger partial charge in [0.25, 0.3) is 11.1 Å². The first-order chi connectivity index (χ1) is 11.9. The molecule has 0 aliphatic carbocycles. The second kappa shape index (κ2) is 6.60. The SMILES string of the molecule is CC(C)N1C(=O)S/C(=C\c2ccc(-c3cccc(C(=O)O)c3)o2)C1=O. The van der Waals surface area contributed by atoms with E-state index >= 15 is 0 Å². The minimum absolute atomic E-state index is 0.161. The molecule has 7 heteroatoms. The molecular weight excluding hydrogens is 342 g/mol. The summed E-state index contributed by atoms with van der Waals surface area (Å²) in [5.41, 5.74) is 0.781. The van der Waals surface area contributed by atoms with Crippen LogP contribution in [-0.4, -0.2) is 33.2 Å². The molecule has 25 heavy (non-hydrogen) atoms. The molecule has 0 atom stereocenters. The molecule has 1 aliphatic rings. The highest BCUT2D eigenvalue weighted by Gasteiger charge is 2.36. The lowest BCUT2D eigenvalue weighted by Gasteiger charge is -2.16. The Balaban J connectivity index is 1.88. The molecule has 0 unspecified atom stereocenters. The second-order valence-corrected chi connectivity index (χ2v) is 6.73. The summed E-state index contributed by atoms with van der Waals surface area (Å²) in [6, 6.07) is 9.54. The number of imide groups is 1. The van der Waals surface area contributed by atoms with Gasteiger partial charge in [-0.3, -0.25) is 14.5 Å². The fourth-order valence-corrected chi connectivity index (χ4v) is 3.39. The van der Waals surface area contributed by atoms with Crippen LogP contribution in [0.3, 0.4) is 0 Å². The van der Waals surface area contributed by atoms with E-state index in [4.69, 9.17) is 9.52 Å². The molecule has 6 nitrogen and oxygen atoms in total. The predicted molar refractivity (Wildman–Crippen MR) is 94.0 cm³/mol. The van der Waals surface area contributed by atoms with E-state index in [1.165, 1.54) is 23.1 Å². The van der Waals surface area contributed by atoms with Gasteiger partial charge in [-0.15, -0.1) is 0 Å². The molecule has 1 aromatic heterocycles. The number of aromatic carboxylic acids is 1. The van der Waals surface area contributed by atoms with Crippen molar-refractivity contribution in [3.63, 3.8) is 0 Å². The van der Waals surface area contributed by atoms with E-state index < -0.39 is 5.97 Å². The number of hydrogen-bond acceptors (Lipinski definition) is 5. The highest BCUT2D eigenvalue weighted by atomic mass is 32.2. The quantitative estimate of drug-likeness (QED) is 0.829. The Labute approximate surface area is 148 Å².